The number of nitrogens with one attached hydrogen (secondary N) is 1. The number of likely N-dealkylation sites (tertiary alicyclic amines) is 1. The van der Waals surface area contributed by atoms with Gasteiger partial charge in [0.1, 0.15) is 0 Å². The highest BCUT2D eigenvalue weighted by Crippen LogP contribution is 2.15. The van der Waals surface area contributed by atoms with E-state index < -0.39 is 5.54 Å². The van der Waals surface area contributed by atoms with Gasteiger partial charge in [0.05, 0.1) is 5.54 Å². The number of rotatable bonds is 6. The number of piperidine rings is 1. The number of amides is 1. The number of unbranched alkanes of at least 4 members (excludes halogenated alkanes) is 1. The molecule has 0 aromatic carbocycles. The van der Waals surface area contributed by atoms with Crippen LogP contribution in [0.25, 0.3) is 0 Å². The van der Waals surface area contributed by atoms with Crippen molar-refractivity contribution in [3.63, 3.8) is 0 Å². The molecule has 0 radical (unpaired) electrons. The predicted octanol–water partition coefficient (Wildman–Crippen LogP) is 1.35. The highest BCUT2D eigenvalue weighted by atomic mass is 16.2. The van der Waals surface area contributed by atoms with Gasteiger partial charge in [-0.1, -0.05) is 6.92 Å². The highest BCUT2D eigenvalue weighted by molar-refractivity contribution is 5.84. The predicted molar refractivity (Wildman–Crippen MR) is 75.3 cm³/mol. The lowest BCUT2D eigenvalue weighted by Gasteiger charge is -2.30. The molecule has 1 heterocycles. The summed E-state index contributed by atoms with van der Waals surface area (Å²) >= 11 is 0. The van der Waals surface area contributed by atoms with Gasteiger partial charge in [-0.15, -0.1) is 0 Å². The van der Waals surface area contributed by atoms with E-state index in [-0.39, 0.29) is 5.91 Å². The lowest BCUT2D eigenvalue weighted by Crippen LogP contribution is -2.49. The van der Waals surface area contributed by atoms with Crippen LogP contribution in [0.1, 0.15) is 46.5 Å². The van der Waals surface area contributed by atoms with Crippen LogP contribution in [0, 0.1) is 5.92 Å². The first-order chi connectivity index (χ1) is 8.39. The summed E-state index contributed by atoms with van der Waals surface area (Å²) in [5, 5.41) is 2.88. The van der Waals surface area contributed by atoms with Gasteiger partial charge in [-0.3, -0.25) is 4.79 Å². The zero-order chi connectivity index (χ0) is 13.6. The molecule has 0 saturated carbocycles. The second kappa shape index (κ2) is 7.10. The fraction of sp³-hybridized carbons (Fsp3) is 0.929. The number of carbonyl (C=O) groups is 1. The molecule has 0 aromatic heterocycles. The molecule has 0 unspecified atom stereocenters. The summed E-state index contributed by atoms with van der Waals surface area (Å²) in [5.41, 5.74) is 4.94. The van der Waals surface area contributed by atoms with E-state index >= 15 is 0 Å². The van der Waals surface area contributed by atoms with Crippen molar-refractivity contribution in [3.8, 4) is 0 Å². The van der Waals surface area contributed by atoms with Crippen LogP contribution in [-0.2, 0) is 4.79 Å². The van der Waals surface area contributed by atoms with Gasteiger partial charge in [-0.2, -0.15) is 0 Å². The van der Waals surface area contributed by atoms with Gasteiger partial charge < -0.3 is 16.0 Å². The molecule has 4 nitrogen and oxygen atoms in total. The average Bonchev–Trinajstić information content (AvgIpc) is 2.29. The van der Waals surface area contributed by atoms with E-state index in [4.69, 9.17) is 5.73 Å². The summed E-state index contributed by atoms with van der Waals surface area (Å²) in [6.07, 6.45) is 4.85. The Balaban J connectivity index is 2.01. The molecule has 0 spiro atoms. The minimum atomic E-state index is -0.761. The van der Waals surface area contributed by atoms with Gasteiger partial charge in [0, 0.05) is 6.54 Å². The minimum Gasteiger partial charge on any atom is -0.355 e. The molecule has 0 aliphatic carbocycles. The van der Waals surface area contributed by atoms with E-state index in [1.165, 1.54) is 25.9 Å². The van der Waals surface area contributed by atoms with Gasteiger partial charge in [0.15, 0.2) is 0 Å². The Labute approximate surface area is 111 Å². The molecule has 106 valence electrons. The van der Waals surface area contributed by atoms with Crippen LogP contribution in [0.4, 0.5) is 0 Å². The molecule has 1 rings (SSSR count). The zero-order valence-corrected chi connectivity index (χ0v) is 12.2. The summed E-state index contributed by atoms with van der Waals surface area (Å²) < 4.78 is 0. The molecule has 3 N–H and O–H groups in total. The molecule has 1 aliphatic rings. The van der Waals surface area contributed by atoms with E-state index in [0.29, 0.717) is 0 Å². The fourth-order valence-electron chi connectivity index (χ4n) is 2.18. The fourth-order valence-corrected chi connectivity index (χ4v) is 2.18. The topological polar surface area (TPSA) is 58.4 Å². The van der Waals surface area contributed by atoms with Crippen molar-refractivity contribution >= 4 is 5.91 Å². The van der Waals surface area contributed by atoms with Crippen molar-refractivity contribution in [2.24, 2.45) is 11.7 Å². The quantitative estimate of drug-likeness (QED) is 0.704. The van der Waals surface area contributed by atoms with Crippen LogP contribution >= 0.6 is 0 Å². The standard InChI is InChI=1S/C14H29N3O/c1-12-6-10-17(11-7-12)9-5-4-8-16-13(18)14(2,3)15/h12H,4-11,15H2,1-3H3,(H,16,18). The monoisotopic (exact) mass is 255 g/mol. The van der Waals surface area contributed by atoms with Crippen LogP contribution in [0.15, 0.2) is 0 Å². The van der Waals surface area contributed by atoms with Crippen molar-refractivity contribution in [3.05, 3.63) is 0 Å². The maximum atomic E-state index is 11.5. The van der Waals surface area contributed by atoms with Gasteiger partial charge in [-0.25, -0.2) is 0 Å². The molecular formula is C14H29N3O. The van der Waals surface area contributed by atoms with Crippen molar-refractivity contribution < 1.29 is 4.79 Å². The number of nitrogens with two attached hydrogens (primary N) is 1. The smallest absolute Gasteiger partial charge is 0.239 e. The molecule has 0 atom stereocenters. The van der Waals surface area contributed by atoms with E-state index in [2.05, 4.69) is 17.1 Å². The van der Waals surface area contributed by atoms with E-state index in [9.17, 15) is 4.79 Å². The Morgan fingerprint density at radius 1 is 1.33 bits per heavy atom. The Bertz CT molecular complexity index is 252. The SMILES string of the molecule is CC1CCN(CCCCNC(=O)C(C)(C)N)CC1. The first-order valence-electron chi connectivity index (χ1n) is 7.19. The van der Waals surface area contributed by atoms with E-state index in [1.807, 2.05) is 0 Å². The molecule has 4 heteroatoms. The molecule has 0 aromatic rings. The number of carbonyl (C=O) groups excluding carboxylic acids is 1. The summed E-state index contributed by atoms with van der Waals surface area (Å²) in [7, 11) is 0. The largest absolute Gasteiger partial charge is 0.355 e. The van der Waals surface area contributed by atoms with E-state index in [0.717, 1.165) is 31.8 Å². The van der Waals surface area contributed by atoms with Crippen LogP contribution in [0.3, 0.4) is 0 Å². The summed E-state index contributed by atoms with van der Waals surface area (Å²) in [6, 6.07) is 0. The third-order valence-electron chi connectivity index (χ3n) is 3.65. The Morgan fingerprint density at radius 2 is 1.94 bits per heavy atom. The maximum absolute atomic E-state index is 11.5. The zero-order valence-electron chi connectivity index (χ0n) is 12.2. The molecule has 18 heavy (non-hydrogen) atoms. The second-order valence-electron chi connectivity index (χ2n) is 6.21. The summed E-state index contributed by atoms with van der Waals surface area (Å²) in [6.45, 7) is 10.2. The Hall–Kier alpha value is -0.610. The average molecular weight is 255 g/mol. The lowest BCUT2D eigenvalue weighted by molar-refractivity contribution is -0.125. The first-order valence-corrected chi connectivity index (χ1v) is 7.19. The maximum Gasteiger partial charge on any atom is 0.239 e. The van der Waals surface area contributed by atoms with Crippen LogP contribution in [0.5, 0.6) is 0 Å². The molecule has 0 bridgehead atoms. The van der Waals surface area contributed by atoms with Gasteiger partial charge in [0.25, 0.3) is 0 Å². The van der Waals surface area contributed by atoms with Gasteiger partial charge in [0.2, 0.25) is 5.91 Å². The highest BCUT2D eigenvalue weighted by Gasteiger charge is 2.20. The van der Waals surface area contributed by atoms with Crippen molar-refractivity contribution in [1.82, 2.24) is 10.2 Å². The van der Waals surface area contributed by atoms with E-state index in [1.54, 1.807) is 13.8 Å². The van der Waals surface area contributed by atoms with Gasteiger partial charge in [-0.05, 0) is 65.1 Å². The normalized spacial score (nSPS) is 18.9. The van der Waals surface area contributed by atoms with Crippen LogP contribution < -0.4 is 11.1 Å². The summed E-state index contributed by atoms with van der Waals surface area (Å²) in [5.74, 6) is 0.835. The third-order valence-corrected chi connectivity index (χ3v) is 3.65. The second-order valence-corrected chi connectivity index (χ2v) is 6.21. The number of hydrogen-bond donors (Lipinski definition) is 2. The molecule has 1 fully saturated rings. The molecule has 1 aliphatic heterocycles. The van der Waals surface area contributed by atoms with Crippen molar-refractivity contribution in [2.45, 2.75) is 52.0 Å². The van der Waals surface area contributed by atoms with Crippen molar-refractivity contribution in [2.75, 3.05) is 26.2 Å². The van der Waals surface area contributed by atoms with Crippen LogP contribution in [-0.4, -0.2) is 42.5 Å². The first kappa shape index (κ1) is 15.4. The third kappa shape index (κ3) is 5.83. The summed E-state index contributed by atoms with van der Waals surface area (Å²) in [4.78, 5) is 14.1. The minimum absolute atomic E-state index is 0.0608. The molecule has 1 saturated heterocycles. The van der Waals surface area contributed by atoms with Crippen LogP contribution in [0.2, 0.25) is 0 Å². The van der Waals surface area contributed by atoms with Crippen molar-refractivity contribution in [1.29, 1.82) is 0 Å². The molecule has 1 amide bonds. The van der Waals surface area contributed by atoms with Gasteiger partial charge >= 0.3 is 0 Å². The number of hydrogen-bond acceptors (Lipinski definition) is 3. The Morgan fingerprint density at radius 3 is 2.50 bits per heavy atom. The molecular weight excluding hydrogens is 226 g/mol. The number of nitrogens with zero attached hydrogens (tertiary/aromatic N) is 1. The Kier molecular flexibility index (Phi) is 6.09. The lowest BCUT2D eigenvalue weighted by atomic mass is 9.99.